The maximum atomic E-state index is 12.4. The van der Waals surface area contributed by atoms with Gasteiger partial charge >= 0.3 is 5.97 Å². The number of aliphatic carboxylic acids is 1. The molecule has 144 valence electrons. The molecular weight excluding hydrogens is 344 g/mol. The predicted molar refractivity (Wildman–Crippen MR) is 103 cm³/mol. The topological polar surface area (TPSA) is 70.1 Å². The van der Waals surface area contributed by atoms with Gasteiger partial charge in [-0.2, -0.15) is 0 Å². The lowest BCUT2D eigenvalue weighted by Crippen LogP contribution is -2.40. The molecule has 1 amide bonds. The van der Waals surface area contributed by atoms with Crippen LogP contribution in [0.3, 0.4) is 0 Å². The Hall–Kier alpha value is -2.86. The van der Waals surface area contributed by atoms with Gasteiger partial charge in [-0.1, -0.05) is 42.5 Å². The van der Waals surface area contributed by atoms with Crippen molar-refractivity contribution in [2.24, 2.45) is 0 Å². The van der Waals surface area contributed by atoms with Crippen molar-refractivity contribution in [1.82, 2.24) is 9.80 Å². The smallest absolute Gasteiger partial charge is 0.317 e. The molecule has 27 heavy (non-hydrogen) atoms. The minimum Gasteiger partial charge on any atom is -0.489 e. The van der Waals surface area contributed by atoms with E-state index in [2.05, 4.69) is 0 Å². The van der Waals surface area contributed by atoms with Gasteiger partial charge in [0.25, 0.3) is 0 Å². The summed E-state index contributed by atoms with van der Waals surface area (Å²) in [7, 11) is 1.62. The molecule has 0 unspecified atom stereocenters. The Morgan fingerprint density at radius 3 is 2.22 bits per heavy atom. The molecule has 2 aromatic rings. The normalized spacial score (nSPS) is 10.6. The van der Waals surface area contributed by atoms with Gasteiger partial charge in [0, 0.05) is 13.1 Å². The van der Waals surface area contributed by atoms with Gasteiger partial charge in [0.05, 0.1) is 13.1 Å². The third-order valence-corrected chi connectivity index (χ3v) is 4.09. The van der Waals surface area contributed by atoms with Gasteiger partial charge in [-0.25, -0.2) is 0 Å². The van der Waals surface area contributed by atoms with E-state index in [1.54, 1.807) is 11.9 Å². The summed E-state index contributed by atoms with van der Waals surface area (Å²) in [5.74, 6) is -0.261. The summed E-state index contributed by atoms with van der Waals surface area (Å²) in [6.07, 6.45) is 0. The Labute approximate surface area is 160 Å². The first kappa shape index (κ1) is 20.5. The number of carboxylic acids is 1. The molecule has 2 rings (SSSR count). The molecule has 0 aromatic heterocycles. The highest BCUT2D eigenvalue weighted by Gasteiger charge is 2.16. The highest BCUT2D eigenvalue weighted by atomic mass is 16.5. The van der Waals surface area contributed by atoms with Crippen LogP contribution < -0.4 is 4.74 Å². The van der Waals surface area contributed by atoms with Gasteiger partial charge in [0.1, 0.15) is 12.4 Å². The standard InChI is InChI=1S/C21H26N2O4/c1-3-23(20(24)14-22(2)15-21(25)26)13-17-9-11-19(12-10-17)27-16-18-7-5-4-6-8-18/h4-12H,3,13-16H2,1-2H3,(H,25,26). The molecule has 0 aliphatic rings. The summed E-state index contributed by atoms with van der Waals surface area (Å²) in [5, 5.41) is 8.79. The highest BCUT2D eigenvalue weighted by molar-refractivity contribution is 5.79. The number of rotatable bonds is 10. The van der Waals surface area contributed by atoms with E-state index >= 15 is 0 Å². The number of amides is 1. The summed E-state index contributed by atoms with van der Waals surface area (Å²) in [5.41, 5.74) is 2.10. The van der Waals surface area contributed by atoms with Crippen molar-refractivity contribution < 1.29 is 19.4 Å². The number of carbonyl (C=O) groups excluding carboxylic acids is 1. The molecule has 0 atom stereocenters. The number of hydrogen-bond donors (Lipinski definition) is 1. The van der Waals surface area contributed by atoms with Crippen molar-refractivity contribution in [2.75, 3.05) is 26.7 Å². The number of carboxylic acid groups (broad SMARTS) is 1. The van der Waals surface area contributed by atoms with Gasteiger partial charge in [-0.05, 0) is 37.2 Å². The van der Waals surface area contributed by atoms with Crippen LogP contribution in [0.25, 0.3) is 0 Å². The number of carbonyl (C=O) groups is 2. The third-order valence-electron chi connectivity index (χ3n) is 4.09. The lowest BCUT2D eigenvalue weighted by Gasteiger charge is -2.24. The number of likely N-dealkylation sites (N-methyl/N-ethyl adjacent to an activating group) is 2. The first-order chi connectivity index (χ1) is 13.0. The summed E-state index contributed by atoms with van der Waals surface area (Å²) >= 11 is 0. The molecule has 0 aliphatic carbocycles. The third kappa shape index (κ3) is 7.11. The molecule has 0 radical (unpaired) electrons. The molecule has 6 heteroatoms. The Bertz CT molecular complexity index is 732. The number of ether oxygens (including phenoxy) is 1. The van der Waals surface area contributed by atoms with Crippen LogP contribution in [0.5, 0.6) is 5.75 Å². The lowest BCUT2D eigenvalue weighted by molar-refractivity contribution is -0.139. The molecule has 6 nitrogen and oxygen atoms in total. The second-order valence-corrected chi connectivity index (χ2v) is 6.39. The van der Waals surface area contributed by atoms with Crippen molar-refractivity contribution in [3.05, 3.63) is 65.7 Å². The van der Waals surface area contributed by atoms with Gasteiger partial charge in [0.15, 0.2) is 0 Å². The Kier molecular flexibility index (Phi) is 7.82. The minimum absolute atomic E-state index is 0.0818. The second kappa shape index (κ2) is 10.3. The lowest BCUT2D eigenvalue weighted by atomic mass is 10.2. The first-order valence-corrected chi connectivity index (χ1v) is 8.91. The van der Waals surface area contributed by atoms with Crippen molar-refractivity contribution in [3.63, 3.8) is 0 Å². The fraction of sp³-hybridized carbons (Fsp3) is 0.333. The second-order valence-electron chi connectivity index (χ2n) is 6.39. The van der Waals surface area contributed by atoms with E-state index in [1.807, 2.05) is 61.5 Å². The van der Waals surface area contributed by atoms with Crippen LogP contribution in [0.2, 0.25) is 0 Å². The molecule has 0 spiro atoms. The Morgan fingerprint density at radius 1 is 0.963 bits per heavy atom. The van der Waals surface area contributed by atoms with E-state index < -0.39 is 5.97 Å². The zero-order chi connectivity index (χ0) is 19.6. The number of benzene rings is 2. The predicted octanol–water partition coefficient (Wildman–Crippen LogP) is 2.63. The van der Waals surface area contributed by atoms with Gasteiger partial charge in [-0.3, -0.25) is 14.5 Å². The molecule has 0 saturated heterocycles. The fourth-order valence-corrected chi connectivity index (χ4v) is 2.65. The highest BCUT2D eigenvalue weighted by Crippen LogP contribution is 2.15. The minimum atomic E-state index is -0.945. The molecule has 2 aromatic carbocycles. The van der Waals surface area contributed by atoms with Crippen LogP contribution in [0.4, 0.5) is 0 Å². The first-order valence-electron chi connectivity index (χ1n) is 8.91. The Morgan fingerprint density at radius 2 is 1.63 bits per heavy atom. The number of nitrogens with zero attached hydrogens (tertiary/aromatic N) is 2. The zero-order valence-corrected chi connectivity index (χ0v) is 15.8. The SMILES string of the molecule is CCN(Cc1ccc(OCc2ccccc2)cc1)C(=O)CN(C)CC(=O)O. The molecule has 0 fully saturated rings. The van der Waals surface area contributed by atoms with Crippen molar-refractivity contribution >= 4 is 11.9 Å². The fourth-order valence-electron chi connectivity index (χ4n) is 2.65. The maximum Gasteiger partial charge on any atom is 0.317 e. The summed E-state index contributed by atoms with van der Waals surface area (Å²) in [6, 6.07) is 17.6. The van der Waals surface area contributed by atoms with Gasteiger partial charge in [0.2, 0.25) is 5.91 Å². The molecular formula is C21H26N2O4. The monoisotopic (exact) mass is 370 g/mol. The van der Waals surface area contributed by atoms with E-state index in [0.29, 0.717) is 19.7 Å². The molecule has 0 bridgehead atoms. The maximum absolute atomic E-state index is 12.4. The number of hydrogen-bond acceptors (Lipinski definition) is 4. The summed E-state index contributed by atoms with van der Waals surface area (Å²) in [6.45, 7) is 3.39. The van der Waals surface area contributed by atoms with Crippen molar-refractivity contribution in [2.45, 2.75) is 20.1 Å². The Balaban J connectivity index is 1.87. The average molecular weight is 370 g/mol. The summed E-state index contributed by atoms with van der Waals surface area (Å²) in [4.78, 5) is 26.3. The molecule has 0 saturated carbocycles. The van der Waals surface area contributed by atoms with E-state index in [0.717, 1.165) is 16.9 Å². The van der Waals surface area contributed by atoms with Crippen LogP contribution in [0.15, 0.2) is 54.6 Å². The quantitative estimate of drug-likeness (QED) is 0.696. The van der Waals surface area contributed by atoms with E-state index in [-0.39, 0.29) is 19.0 Å². The van der Waals surface area contributed by atoms with Gasteiger partial charge in [-0.15, -0.1) is 0 Å². The van der Waals surface area contributed by atoms with Crippen LogP contribution in [-0.2, 0) is 22.7 Å². The molecule has 0 heterocycles. The van der Waals surface area contributed by atoms with Crippen molar-refractivity contribution in [1.29, 1.82) is 0 Å². The van der Waals surface area contributed by atoms with Crippen LogP contribution in [0.1, 0.15) is 18.1 Å². The van der Waals surface area contributed by atoms with Gasteiger partial charge < -0.3 is 14.7 Å². The van der Waals surface area contributed by atoms with E-state index in [1.165, 1.54) is 4.90 Å². The van der Waals surface area contributed by atoms with Crippen LogP contribution in [-0.4, -0.2) is 53.5 Å². The van der Waals surface area contributed by atoms with E-state index in [9.17, 15) is 9.59 Å². The van der Waals surface area contributed by atoms with E-state index in [4.69, 9.17) is 9.84 Å². The molecule has 1 N–H and O–H groups in total. The average Bonchev–Trinajstić information content (AvgIpc) is 2.65. The zero-order valence-electron chi connectivity index (χ0n) is 15.8. The van der Waals surface area contributed by atoms with Crippen molar-refractivity contribution in [3.8, 4) is 5.75 Å². The summed E-state index contributed by atoms with van der Waals surface area (Å²) < 4.78 is 5.77. The molecule has 0 aliphatic heterocycles. The van der Waals surface area contributed by atoms with Crippen LogP contribution >= 0.6 is 0 Å². The largest absolute Gasteiger partial charge is 0.489 e. The van der Waals surface area contributed by atoms with Crippen LogP contribution in [0, 0.1) is 0 Å².